The van der Waals surface area contributed by atoms with Gasteiger partial charge in [0, 0.05) is 0 Å². The monoisotopic (exact) mass is 335 g/mol. The van der Waals surface area contributed by atoms with Gasteiger partial charge in [-0.15, -0.1) is 5.01 Å². The molecule has 0 unspecified atom stereocenters. The van der Waals surface area contributed by atoms with Gasteiger partial charge in [-0.1, -0.05) is 13.8 Å². The number of likely N-dealkylation sites (N-methyl/N-ethyl adjacent to an activating group) is 1. The summed E-state index contributed by atoms with van der Waals surface area (Å²) in [7, 11) is 1.27. The van der Waals surface area contributed by atoms with Crippen molar-refractivity contribution in [1.82, 2.24) is 5.01 Å². The molecule has 0 fully saturated rings. The van der Waals surface area contributed by atoms with E-state index in [-0.39, 0.29) is 17.3 Å². The molecule has 0 spiro atoms. The van der Waals surface area contributed by atoms with Crippen LogP contribution in [0.2, 0.25) is 0 Å². The molecule has 134 valence electrons. The number of carboxylic acids is 1. The second kappa shape index (κ2) is 9.01. The Labute approximate surface area is 135 Å². The first-order valence-corrected chi connectivity index (χ1v) is 7.05. The zero-order valence-corrected chi connectivity index (χ0v) is 14.3. The predicted octanol–water partition coefficient (Wildman–Crippen LogP) is 2.14. The standard InChI is InChI=1S/C13H25N3O7/c1-9(2)7-10(11(17)18)15(6)16(20)14-22-8-21-12(19)23-13(3,4)5/h9-10H,7-8H2,1-6H3,(H,17,18)/b16-14-/t10-/m0/s1. The number of carbonyl (C=O) groups is 2. The Hall–Kier alpha value is -2.26. The Morgan fingerprint density at radius 2 is 1.91 bits per heavy atom. The van der Waals surface area contributed by atoms with Gasteiger partial charge in [0.1, 0.15) is 5.60 Å². The molecule has 0 aliphatic rings. The lowest BCUT2D eigenvalue weighted by Gasteiger charge is -2.21. The first-order chi connectivity index (χ1) is 10.4. The fourth-order valence-corrected chi connectivity index (χ4v) is 1.46. The van der Waals surface area contributed by atoms with Crippen molar-refractivity contribution in [3.8, 4) is 0 Å². The average Bonchev–Trinajstić information content (AvgIpc) is 2.37. The molecule has 0 saturated heterocycles. The normalized spacial score (nSPS) is 13.4. The molecule has 1 N–H and O–H groups in total. The zero-order valence-electron chi connectivity index (χ0n) is 14.3. The summed E-state index contributed by atoms with van der Waals surface area (Å²) in [6, 6.07) is -1.05. The van der Waals surface area contributed by atoms with Crippen molar-refractivity contribution < 1.29 is 34.0 Å². The largest absolute Gasteiger partial charge is 0.569 e. The quantitative estimate of drug-likeness (QED) is 0.179. The van der Waals surface area contributed by atoms with Crippen LogP contribution in [0.5, 0.6) is 0 Å². The molecule has 10 nitrogen and oxygen atoms in total. The Morgan fingerprint density at radius 1 is 1.35 bits per heavy atom. The number of hydrazine groups is 1. The van der Waals surface area contributed by atoms with Gasteiger partial charge in [0.25, 0.3) is 6.79 Å². The van der Waals surface area contributed by atoms with Gasteiger partial charge >= 0.3 is 12.1 Å². The molecule has 0 aliphatic carbocycles. The molecule has 0 amide bonds. The number of carboxylic acid groups (broad SMARTS) is 1. The van der Waals surface area contributed by atoms with Crippen molar-refractivity contribution in [1.29, 1.82) is 0 Å². The molecule has 0 aromatic rings. The highest BCUT2D eigenvalue weighted by molar-refractivity contribution is 5.73. The summed E-state index contributed by atoms with van der Waals surface area (Å²) >= 11 is 0. The number of ether oxygens (including phenoxy) is 2. The van der Waals surface area contributed by atoms with E-state index in [9.17, 15) is 14.8 Å². The first kappa shape index (κ1) is 20.7. The molecular weight excluding hydrogens is 310 g/mol. The summed E-state index contributed by atoms with van der Waals surface area (Å²) in [6.07, 6.45) is -0.712. The van der Waals surface area contributed by atoms with Crippen molar-refractivity contribution in [3.63, 3.8) is 0 Å². The van der Waals surface area contributed by atoms with E-state index in [1.807, 2.05) is 13.8 Å². The number of aliphatic carboxylic acids is 1. The van der Waals surface area contributed by atoms with Crippen molar-refractivity contribution in [2.75, 3.05) is 13.8 Å². The van der Waals surface area contributed by atoms with Crippen LogP contribution in [-0.2, 0) is 19.1 Å². The molecular formula is C13H25N3O7. The van der Waals surface area contributed by atoms with Crippen LogP contribution >= 0.6 is 0 Å². The third kappa shape index (κ3) is 9.38. The van der Waals surface area contributed by atoms with E-state index in [1.54, 1.807) is 20.8 Å². The van der Waals surface area contributed by atoms with Gasteiger partial charge in [0.2, 0.25) is 5.28 Å². The molecule has 0 bridgehead atoms. The maximum absolute atomic E-state index is 11.7. The third-order valence-electron chi connectivity index (χ3n) is 2.45. The molecule has 10 heteroatoms. The summed E-state index contributed by atoms with van der Waals surface area (Å²) in [5.74, 6) is -1.08. The number of nitrogens with zero attached hydrogens (tertiary/aromatic N) is 3. The minimum absolute atomic E-state index is 0.0143. The highest BCUT2D eigenvalue weighted by Crippen LogP contribution is 2.11. The van der Waals surface area contributed by atoms with E-state index >= 15 is 0 Å². The molecule has 0 saturated carbocycles. The van der Waals surface area contributed by atoms with Gasteiger partial charge in [0.05, 0.1) is 12.0 Å². The van der Waals surface area contributed by atoms with Gasteiger partial charge < -0.3 is 24.6 Å². The van der Waals surface area contributed by atoms with Gasteiger partial charge in [-0.05, 0) is 33.1 Å². The number of hydrogen-bond donors (Lipinski definition) is 1. The van der Waals surface area contributed by atoms with Crippen LogP contribution < -0.4 is 0 Å². The first-order valence-electron chi connectivity index (χ1n) is 7.05. The molecule has 23 heavy (non-hydrogen) atoms. The van der Waals surface area contributed by atoms with E-state index in [2.05, 4.69) is 14.9 Å². The molecule has 0 aliphatic heterocycles. The highest BCUT2D eigenvalue weighted by atomic mass is 16.8. The van der Waals surface area contributed by atoms with E-state index < -0.39 is 30.6 Å². The van der Waals surface area contributed by atoms with Crippen LogP contribution in [0.1, 0.15) is 41.0 Å². The Kier molecular flexibility index (Phi) is 8.12. The lowest BCUT2D eigenvalue weighted by molar-refractivity contribution is -0.711. The smallest absolute Gasteiger partial charge is 0.511 e. The number of rotatable bonds is 8. The maximum atomic E-state index is 11.7. The Balaban J connectivity index is 4.42. The fourth-order valence-electron chi connectivity index (χ4n) is 1.46. The Morgan fingerprint density at radius 3 is 2.35 bits per heavy atom. The van der Waals surface area contributed by atoms with E-state index in [0.717, 1.165) is 5.01 Å². The number of hydrogen-bond acceptors (Lipinski definition) is 7. The van der Waals surface area contributed by atoms with Gasteiger partial charge in [-0.3, -0.25) is 0 Å². The predicted molar refractivity (Wildman–Crippen MR) is 78.0 cm³/mol. The van der Waals surface area contributed by atoms with Crippen LogP contribution in [0, 0.1) is 11.1 Å². The summed E-state index contributed by atoms with van der Waals surface area (Å²) in [5, 5.41) is 24.8. The van der Waals surface area contributed by atoms with Crippen molar-refractivity contribution >= 4 is 12.1 Å². The van der Waals surface area contributed by atoms with Crippen molar-refractivity contribution in [2.24, 2.45) is 11.2 Å². The SMILES string of the molecule is CC(C)C[C@@H](C(=O)O)N(C)/[N+]([O-])=N/OCOC(=O)OC(C)(C)C. The topological polar surface area (TPSA) is 124 Å². The van der Waals surface area contributed by atoms with Crippen LogP contribution in [0.25, 0.3) is 0 Å². The fraction of sp³-hybridized carbons (Fsp3) is 0.846. The summed E-state index contributed by atoms with van der Waals surface area (Å²) in [6.45, 7) is 8.02. The van der Waals surface area contributed by atoms with Gasteiger partial charge in [-0.25, -0.2) is 9.59 Å². The lowest BCUT2D eigenvalue weighted by Crippen LogP contribution is -2.43. The molecule has 0 radical (unpaired) electrons. The highest BCUT2D eigenvalue weighted by Gasteiger charge is 2.29. The van der Waals surface area contributed by atoms with Crippen molar-refractivity contribution in [2.45, 2.75) is 52.7 Å². The summed E-state index contributed by atoms with van der Waals surface area (Å²) in [5.41, 5.74) is -0.718. The van der Waals surface area contributed by atoms with Gasteiger partial charge in [0.15, 0.2) is 6.04 Å². The molecule has 0 aromatic carbocycles. The summed E-state index contributed by atoms with van der Waals surface area (Å²) < 4.78 is 9.39. The maximum Gasteiger partial charge on any atom is 0.511 e. The van der Waals surface area contributed by atoms with Crippen LogP contribution in [-0.4, -0.2) is 52.7 Å². The molecule has 0 heterocycles. The zero-order chi connectivity index (χ0) is 18.2. The summed E-state index contributed by atoms with van der Waals surface area (Å²) in [4.78, 5) is 26.9. The second-order valence-electron chi connectivity index (χ2n) is 6.25. The number of carbonyl (C=O) groups excluding carboxylic acids is 1. The van der Waals surface area contributed by atoms with Crippen molar-refractivity contribution in [3.05, 3.63) is 5.21 Å². The lowest BCUT2D eigenvalue weighted by atomic mass is 10.0. The Bertz CT molecular complexity index is 432. The van der Waals surface area contributed by atoms with Crippen LogP contribution in [0.4, 0.5) is 4.79 Å². The molecule has 0 rings (SSSR count). The minimum Gasteiger partial charge on any atom is -0.569 e. The minimum atomic E-state index is -1.15. The molecule has 1 atom stereocenters. The van der Waals surface area contributed by atoms with E-state index in [4.69, 9.17) is 9.84 Å². The van der Waals surface area contributed by atoms with E-state index in [0.29, 0.717) is 0 Å². The average molecular weight is 335 g/mol. The van der Waals surface area contributed by atoms with Crippen LogP contribution in [0.3, 0.4) is 0 Å². The van der Waals surface area contributed by atoms with Crippen LogP contribution in [0.15, 0.2) is 5.28 Å². The van der Waals surface area contributed by atoms with E-state index in [1.165, 1.54) is 7.05 Å². The van der Waals surface area contributed by atoms with Gasteiger partial charge in [-0.2, -0.15) is 0 Å². The second-order valence-corrected chi connectivity index (χ2v) is 6.25. The molecule has 0 aromatic heterocycles. The third-order valence-corrected chi connectivity index (χ3v) is 2.45.